The van der Waals surface area contributed by atoms with Crippen molar-refractivity contribution in [2.24, 2.45) is 5.92 Å². The summed E-state index contributed by atoms with van der Waals surface area (Å²) in [6.45, 7) is 4.57. The second-order valence-electron chi connectivity index (χ2n) is 4.63. The number of allylic oxidation sites excluding steroid dienone is 2. The van der Waals surface area contributed by atoms with Crippen LogP contribution in [0.4, 0.5) is 0 Å². The summed E-state index contributed by atoms with van der Waals surface area (Å²) in [5.41, 5.74) is 4.61. The summed E-state index contributed by atoms with van der Waals surface area (Å²) in [6.07, 6.45) is 10.1. The summed E-state index contributed by atoms with van der Waals surface area (Å²) in [7, 11) is 0. The molecule has 1 aliphatic carbocycles. The van der Waals surface area contributed by atoms with Crippen LogP contribution in [-0.2, 0) is 6.42 Å². The highest BCUT2D eigenvalue weighted by atomic mass is 14.9. The van der Waals surface area contributed by atoms with Gasteiger partial charge in [-0.25, -0.2) is 4.98 Å². The summed E-state index contributed by atoms with van der Waals surface area (Å²) in [5.74, 6) is 0.823. The van der Waals surface area contributed by atoms with E-state index in [1.807, 2.05) is 6.20 Å². The van der Waals surface area contributed by atoms with Crippen LogP contribution >= 0.6 is 0 Å². The lowest BCUT2D eigenvalue weighted by Crippen LogP contribution is -2.12. The highest BCUT2D eigenvalue weighted by Crippen LogP contribution is 2.32. The number of nitrogens with zero attached hydrogens (tertiary/aromatic N) is 1. The lowest BCUT2D eigenvalue weighted by molar-refractivity contribution is 0.443. The van der Waals surface area contributed by atoms with Crippen molar-refractivity contribution in [3.63, 3.8) is 0 Å². The van der Waals surface area contributed by atoms with Gasteiger partial charge in [0.05, 0.1) is 6.33 Å². The second kappa shape index (κ2) is 4.65. The third kappa shape index (κ3) is 2.49. The Bertz CT molecular complexity index is 335. The maximum Gasteiger partial charge on any atom is 0.0921 e. The third-order valence-electron chi connectivity index (χ3n) is 3.56. The molecule has 0 radical (unpaired) electrons. The van der Waals surface area contributed by atoms with Gasteiger partial charge in [0, 0.05) is 11.9 Å². The number of hydrogen-bond donors (Lipinski definition) is 1. The van der Waals surface area contributed by atoms with Gasteiger partial charge in [-0.15, -0.1) is 0 Å². The van der Waals surface area contributed by atoms with E-state index in [9.17, 15) is 0 Å². The van der Waals surface area contributed by atoms with Crippen molar-refractivity contribution >= 4 is 0 Å². The largest absolute Gasteiger partial charge is 0.348 e. The fraction of sp³-hybridized carbons (Fsp3) is 0.615. The number of rotatable bonds is 3. The molecule has 0 bridgehead atoms. The predicted molar refractivity (Wildman–Crippen MR) is 62.6 cm³/mol. The molecule has 0 saturated heterocycles. The fourth-order valence-electron chi connectivity index (χ4n) is 2.55. The van der Waals surface area contributed by atoms with Gasteiger partial charge in [-0.1, -0.05) is 18.1 Å². The van der Waals surface area contributed by atoms with Gasteiger partial charge in [0.15, 0.2) is 0 Å². The van der Waals surface area contributed by atoms with E-state index in [0.717, 1.165) is 12.3 Å². The van der Waals surface area contributed by atoms with Crippen LogP contribution < -0.4 is 0 Å². The number of aromatic nitrogens is 2. The maximum absolute atomic E-state index is 4.07. The maximum atomic E-state index is 4.07. The molecule has 0 spiro atoms. The van der Waals surface area contributed by atoms with Crippen molar-refractivity contribution in [3.05, 3.63) is 29.4 Å². The van der Waals surface area contributed by atoms with E-state index >= 15 is 0 Å². The molecule has 2 rings (SSSR count). The Morgan fingerprint density at radius 1 is 1.53 bits per heavy atom. The summed E-state index contributed by atoms with van der Waals surface area (Å²) in [4.78, 5) is 7.28. The van der Waals surface area contributed by atoms with E-state index in [2.05, 4.69) is 23.8 Å². The first kappa shape index (κ1) is 10.5. The van der Waals surface area contributed by atoms with Crippen LogP contribution in [0.1, 0.15) is 45.2 Å². The molecule has 1 aromatic rings. The van der Waals surface area contributed by atoms with Crippen molar-refractivity contribution in [3.8, 4) is 0 Å². The summed E-state index contributed by atoms with van der Waals surface area (Å²) < 4.78 is 0. The van der Waals surface area contributed by atoms with Gasteiger partial charge < -0.3 is 4.98 Å². The van der Waals surface area contributed by atoms with E-state index in [4.69, 9.17) is 0 Å². The molecule has 0 saturated carbocycles. The van der Waals surface area contributed by atoms with Crippen LogP contribution in [-0.4, -0.2) is 9.97 Å². The average molecular weight is 204 g/mol. The minimum Gasteiger partial charge on any atom is -0.348 e. The molecule has 0 amide bonds. The van der Waals surface area contributed by atoms with Crippen molar-refractivity contribution < 1.29 is 0 Å². The Hall–Kier alpha value is -1.05. The summed E-state index contributed by atoms with van der Waals surface area (Å²) in [5, 5.41) is 0. The normalized spacial score (nSPS) is 22.1. The minimum atomic E-state index is 0.823. The van der Waals surface area contributed by atoms with Gasteiger partial charge in [-0.3, -0.25) is 0 Å². The molecule has 1 unspecified atom stereocenters. The van der Waals surface area contributed by atoms with Crippen molar-refractivity contribution in [1.82, 2.24) is 9.97 Å². The molecule has 1 aromatic heterocycles. The molecule has 1 N–H and O–H groups in total. The van der Waals surface area contributed by atoms with Crippen LogP contribution in [0.25, 0.3) is 0 Å². The van der Waals surface area contributed by atoms with E-state index in [0.29, 0.717) is 0 Å². The molecule has 2 heteroatoms. The zero-order chi connectivity index (χ0) is 10.7. The number of H-pyrrole nitrogens is 1. The van der Waals surface area contributed by atoms with E-state index < -0.39 is 0 Å². The molecule has 1 atom stereocenters. The first-order valence-corrected chi connectivity index (χ1v) is 5.94. The lowest BCUT2D eigenvalue weighted by atomic mass is 9.81. The Morgan fingerprint density at radius 2 is 2.40 bits per heavy atom. The molecule has 0 aliphatic heterocycles. The van der Waals surface area contributed by atoms with Gasteiger partial charge >= 0.3 is 0 Å². The molecule has 1 heterocycles. The van der Waals surface area contributed by atoms with Crippen LogP contribution in [0.15, 0.2) is 23.7 Å². The number of nitrogens with one attached hydrogen (secondary N) is 1. The van der Waals surface area contributed by atoms with Crippen molar-refractivity contribution in [2.75, 3.05) is 0 Å². The second-order valence-corrected chi connectivity index (χ2v) is 4.63. The van der Waals surface area contributed by atoms with E-state index in [1.54, 1.807) is 17.5 Å². The fourth-order valence-corrected chi connectivity index (χ4v) is 2.55. The SMILES string of the molecule is CCC1=C(C)CCC(Cc2cnc[nH]2)C1. The van der Waals surface area contributed by atoms with E-state index in [1.165, 1.54) is 31.4 Å². The van der Waals surface area contributed by atoms with Crippen LogP contribution in [0.2, 0.25) is 0 Å². The summed E-state index contributed by atoms with van der Waals surface area (Å²) in [6, 6.07) is 0. The minimum absolute atomic E-state index is 0.823. The Kier molecular flexibility index (Phi) is 3.24. The summed E-state index contributed by atoms with van der Waals surface area (Å²) >= 11 is 0. The smallest absolute Gasteiger partial charge is 0.0921 e. The molecule has 0 fully saturated rings. The molecule has 0 aromatic carbocycles. The molecule has 82 valence electrons. The van der Waals surface area contributed by atoms with Gasteiger partial charge in [0.1, 0.15) is 0 Å². The lowest BCUT2D eigenvalue weighted by Gasteiger charge is -2.25. The molecule has 1 aliphatic rings. The standard InChI is InChI=1S/C13H20N2/c1-3-12-6-11(5-4-10(12)2)7-13-8-14-9-15-13/h8-9,11H,3-7H2,1-2H3,(H,14,15). The van der Waals surface area contributed by atoms with Crippen LogP contribution in [0.5, 0.6) is 0 Å². The van der Waals surface area contributed by atoms with Crippen molar-refractivity contribution in [2.45, 2.75) is 46.0 Å². The van der Waals surface area contributed by atoms with Crippen LogP contribution in [0.3, 0.4) is 0 Å². The highest BCUT2D eigenvalue weighted by molar-refractivity contribution is 5.16. The molecular formula is C13H20N2. The monoisotopic (exact) mass is 204 g/mol. The number of hydrogen-bond acceptors (Lipinski definition) is 1. The van der Waals surface area contributed by atoms with Gasteiger partial charge in [0.2, 0.25) is 0 Å². The topological polar surface area (TPSA) is 28.7 Å². The molecule has 15 heavy (non-hydrogen) atoms. The Balaban J connectivity index is 1.97. The number of aromatic amines is 1. The zero-order valence-electron chi connectivity index (χ0n) is 9.71. The van der Waals surface area contributed by atoms with Gasteiger partial charge in [-0.05, 0) is 44.9 Å². The highest BCUT2D eigenvalue weighted by Gasteiger charge is 2.18. The van der Waals surface area contributed by atoms with Gasteiger partial charge in [-0.2, -0.15) is 0 Å². The molecular weight excluding hydrogens is 184 g/mol. The Labute approximate surface area is 91.8 Å². The quantitative estimate of drug-likeness (QED) is 0.750. The zero-order valence-corrected chi connectivity index (χ0v) is 9.71. The van der Waals surface area contributed by atoms with Crippen LogP contribution in [0, 0.1) is 5.92 Å². The first-order chi connectivity index (χ1) is 7.29. The first-order valence-electron chi connectivity index (χ1n) is 5.94. The predicted octanol–water partition coefficient (Wildman–Crippen LogP) is 3.48. The Morgan fingerprint density at radius 3 is 3.07 bits per heavy atom. The van der Waals surface area contributed by atoms with Gasteiger partial charge in [0.25, 0.3) is 0 Å². The average Bonchev–Trinajstić information content (AvgIpc) is 2.73. The van der Waals surface area contributed by atoms with Crippen molar-refractivity contribution in [1.29, 1.82) is 0 Å². The van der Waals surface area contributed by atoms with E-state index in [-0.39, 0.29) is 0 Å². The third-order valence-corrected chi connectivity index (χ3v) is 3.56. The number of imidazole rings is 1. The molecule has 2 nitrogen and oxygen atoms in total.